The lowest BCUT2D eigenvalue weighted by Gasteiger charge is -2.04. The normalized spacial score (nSPS) is 12.3. The highest BCUT2D eigenvalue weighted by atomic mass is 32.1. The van der Waals surface area contributed by atoms with E-state index in [2.05, 4.69) is 4.98 Å². The van der Waals surface area contributed by atoms with Crippen LogP contribution in [0, 0.1) is 6.92 Å². The first kappa shape index (κ1) is 14.1. The molecule has 0 aliphatic carbocycles. The van der Waals surface area contributed by atoms with Gasteiger partial charge in [-0.3, -0.25) is 4.79 Å². The lowest BCUT2D eigenvalue weighted by atomic mass is 10.1. The Morgan fingerprint density at radius 3 is 2.96 bits per heavy atom. The highest BCUT2D eigenvalue weighted by Gasteiger charge is 2.26. The van der Waals surface area contributed by atoms with Gasteiger partial charge in [-0.1, -0.05) is 24.3 Å². The molecule has 5 nitrogen and oxygen atoms in total. The Kier molecular flexibility index (Phi) is 3.09. The molecule has 0 saturated heterocycles. The average Bonchev–Trinajstić information content (AvgIpc) is 3.07. The van der Waals surface area contributed by atoms with Gasteiger partial charge in [0, 0.05) is 5.56 Å². The van der Waals surface area contributed by atoms with E-state index in [9.17, 15) is 9.59 Å². The molecule has 0 spiro atoms. The Hall–Kier alpha value is -2.47. The van der Waals surface area contributed by atoms with Crippen molar-refractivity contribution in [2.24, 2.45) is 0 Å². The molecule has 0 amide bonds. The van der Waals surface area contributed by atoms with Crippen molar-refractivity contribution in [1.82, 2.24) is 9.55 Å². The van der Waals surface area contributed by atoms with Crippen LogP contribution in [0.1, 0.15) is 27.7 Å². The summed E-state index contributed by atoms with van der Waals surface area (Å²) in [6.45, 7) is 4.52. The van der Waals surface area contributed by atoms with Crippen molar-refractivity contribution in [2.45, 2.75) is 20.4 Å². The first-order chi connectivity index (χ1) is 11.1. The van der Waals surface area contributed by atoms with Gasteiger partial charge in [0.1, 0.15) is 15.5 Å². The molecule has 23 heavy (non-hydrogen) atoms. The number of esters is 1. The maximum Gasteiger partial charge on any atom is 0.348 e. The number of thiophene rings is 1. The van der Waals surface area contributed by atoms with Crippen molar-refractivity contribution in [3.8, 4) is 11.4 Å². The number of fused-ring (bicyclic) bond motifs is 5. The Morgan fingerprint density at radius 1 is 1.39 bits per heavy atom. The van der Waals surface area contributed by atoms with Gasteiger partial charge >= 0.3 is 5.97 Å². The molecule has 6 heteroatoms. The molecule has 0 radical (unpaired) electrons. The number of rotatable bonds is 2. The molecule has 4 rings (SSSR count). The fourth-order valence-corrected chi connectivity index (χ4v) is 4.23. The van der Waals surface area contributed by atoms with E-state index in [0.717, 1.165) is 16.0 Å². The zero-order valence-electron chi connectivity index (χ0n) is 12.8. The summed E-state index contributed by atoms with van der Waals surface area (Å²) in [7, 11) is 0. The summed E-state index contributed by atoms with van der Waals surface area (Å²) in [6, 6.07) is 7.92. The number of hydrogen-bond donors (Lipinski definition) is 0. The van der Waals surface area contributed by atoms with Crippen LogP contribution in [-0.2, 0) is 11.3 Å². The van der Waals surface area contributed by atoms with E-state index in [0.29, 0.717) is 34.8 Å². The number of nitrogens with zero attached hydrogens (tertiary/aromatic N) is 2. The van der Waals surface area contributed by atoms with Gasteiger partial charge in [0.15, 0.2) is 0 Å². The van der Waals surface area contributed by atoms with E-state index in [1.807, 2.05) is 28.8 Å². The van der Waals surface area contributed by atoms with Crippen molar-refractivity contribution in [3.63, 3.8) is 0 Å². The van der Waals surface area contributed by atoms with E-state index in [1.165, 1.54) is 11.3 Å². The number of aryl methyl sites for hydroxylation is 1. The van der Waals surface area contributed by atoms with Gasteiger partial charge in [0.2, 0.25) is 0 Å². The summed E-state index contributed by atoms with van der Waals surface area (Å²) >= 11 is 1.31. The summed E-state index contributed by atoms with van der Waals surface area (Å²) in [6.07, 6.45) is 0. The molecular formula is C17H14N2O3S. The van der Waals surface area contributed by atoms with E-state index >= 15 is 0 Å². The summed E-state index contributed by atoms with van der Waals surface area (Å²) in [5, 5.41) is 0.523. The van der Waals surface area contributed by atoms with Crippen LogP contribution in [0.2, 0.25) is 0 Å². The van der Waals surface area contributed by atoms with Crippen LogP contribution in [0.3, 0.4) is 0 Å². The van der Waals surface area contributed by atoms with E-state index in [1.54, 1.807) is 13.8 Å². The largest absolute Gasteiger partial charge is 0.462 e. The number of hydrogen-bond acceptors (Lipinski definition) is 5. The third-order valence-corrected chi connectivity index (χ3v) is 5.39. The second-order valence-electron chi connectivity index (χ2n) is 5.44. The average molecular weight is 326 g/mol. The Morgan fingerprint density at radius 2 is 2.17 bits per heavy atom. The minimum atomic E-state index is -0.379. The molecule has 3 aromatic rings. The van der Waals surface area contributed by atoms with Crippen LogP contribution in [0.5, 0.6) is 0 Å². The molecule has 1 aromatic carbocycles. The molecule has 1 aliphatic heterocycles. The topological polar surface area (TPSA) is 61.2 Å². The van der Waals surface area contributed by atoms with Crippen molar-refractivity contribution >= 4 is 27.5 Å². The predicted molar refractivity (Wildman–Crippen MR) is 89.1 cm³/mol. The first-order valence-electron chi connectivity index (χ1n) is 7.41. The minimum Gasteiger partial charge on any atom is -0.462 e. The molecular weight excluding hydrogens is 312 g/mol. The molecule has 116 valence electrons. The van der Waals surface area contributed by atoms with E-state index in [4.69, 9.17) is 4.74 Å². The van der Waals surface area contributed by atoms with E-state index < -0.39 is 0 Å². The van der Waals surface area contributed by atoms with Crippen LogP contribution in [-0.4, -0.2) is 22.1 Å². The molecule has 0 N–H and O–H groups in total. The van der Waals surface area contributed by atoms with Crippen LogP contribution in [0.15, 0.2) is 29.1 Å². The van der Waals surface area contributed by atoms with Gasteiger partial charge < -0.3 is 9.30 Å². The van der Waals surface area contributed by atoms with Gasteiger partial charge in [-0.2, -0.15) is 4.98 Å². The lowest BCUT2D eigenvalue weighted by Crippen LogP contribution is -2.12. The molecule has 0 bridgehead atoms. The predicted octanol–water partition coefficient (Wildman–Crippen LogP) is 2.97. The third kappa shape index (κ3) is 1.95. The summed E-state index contributed by atoms with van der Waals surface area (Å²) < 4.78 is 7.11. The highest BCUT2D eigenvalue weighted by Crippen LogP contribution is 2.36. The number of carbonyl (C=O) groups excluding carboxylic acids is 1. The van der Waals surface area contributed by atoms with Crippen molar-refractivity contribution in [3.05, 3.63) is 50.6 Å². The highest BCUT2D eigenvalue weighted by molar-refractivity contribution is 7.20. The van der Waals surface area contributed by atoms with E-state index in [-0.39, 0.29) is 11.5 Å². The van der Waals surface area contributed by atoms with Crippen LogP contribution in [0.25, 0.3) is 21.6 Å². The minimum absolute atomic E-state index is 0.285. The molecule has 3 heterocycles. The maximum absolute atomic E-state index is 12.5. The second-order valence-corrected chi connectivity index (χ2v) is 6.44. The summed E-state index contributed by atoms with van der Waals surface area (Å²) in [5.41, 5.74) is 2.49. The van der Waals surface area contributed by atoms with Crippen LogP contribution in [0.4, 0.5) is 0 Å². The zero-order chi connectivity index (χ0) is 16.1. The quantitative estimate of drug-likeness (QED) is 0.531. The van der Waals surface area contributed by atoms with Crippen LogP contribution >= 0.6 is 11.3 Å². The standard InChI is InChI=1S/C17H14N2O3S/c1-3-22-17(21)13-9(2)12-15(20)18-14-11-7-5-4-6-10(11)8-19(14)16(12)23-13/h4-7H,3,8H2,1-2H3. The van der Waals surface area contributed by atoms with Crippen molar-refractivity contribution in [2.75, 3.05) is 6.61 Å². The molecule has 0 atom stereocenters. The molecule has 0 fully saturated rings. The van der Waals surface area contributed by atoms with Gasteiger partial charge in [-0.15, -0.1) is 11.3 Å². The number of benzene rings is 1. The lowest BCUT2D eigenvalue weighted by molar-refractivity contribution is 0.0531. The maximum atomic E-state index is 12.5. The fourth-order valence-electron chi connectivity index (χ4n) is 3.04. The third-order valence-electron chi connectivity index (χ3n) is 4.10. The first-order valence-corrected chi connectivity index (χ1v) is 8.22. The van der Waals surface area contributed by atoms with Crippen molar-refractivity contribution in [1.29, 1.82) is 0 Å². The molecule has 0 saturated carbocycles. The Balaban J connectivity index is 2.01. The number of carbonyl (C=O) groups is 1. The van der Waals surface area contributed by atoms with Gasteiger partial charge in [-0.05, 0) is 25.0 Å². The zero-order valence-corrected chi connectivity index (χ0v) is 13.6. The fraction of sp³-hybridized carbons (Fsp3) is 0.235. The van der Waals surface area contributed by atoms with Gasteiger partial charge in [-0.25, -0.2) is 4.79 Å². The molecule has 0 unspecified atom stereocenters. The summed E-state index contributed by atoms with van der Waals surface area (Å²) in [4.78, 5) is 30.2. The van der Waals surface area contributed by atoms with Crippen molar-refractivity contribution < 1.29 is 9.53 Å². The SMILES string of the molecule is CCOC(=O)c1sc2c(c1C)c(=O)nc1n2Cc2ccccc2-1. The Bertz CT molecular complexity index is 1020. The molecule has 1 aliphatic rings. The second kappa shape index (κ2) is 5.03. The smallest absolute Gasteiger partial charge is 0.348 e. The van der Waals surface area contributed by atoms with Gasteiger partial charge in [0.05, 0.1) is 18.5 Å². The van der Waals surface area contributed by atoms with Gasteiger partial charge in [0.25, 0.3) is 5.56 Å². The monoisotopic (exact) mass is 326 g/mol. The molecule has 2 aromatic heterocycles. The van der Waals surface area contributed by atoms with Crippen LogP contribution < -0.4 is 5.56 Å². The summed E-state index contributed by atoms with van der Waals surface area (Å²) in [5.74, 6) is 0.296. The number of aromatic nitrogens is 2. The number of ether oxygens (including phenoxy) is 1. The Labute approximate surface area is 136 Å².